The fourth-order valence-electron chi connectivity index (χ4n) is 1.48. The summed E-state index contributed by atoms with van der Waals surface area (Å²) in [6.45, 7) is 0. The van der Waals surface area contributed by atoms with Gasteiger partial charge in [0.15, 0.2) is 5.84 Å². The minimum atomic E-state index is 0.00425. The van der Waals surface area contributed by atoms with Crippen molar-refractivity contribution in [3.05, 3.63) is 58.9 Å². The van der Waals surface area contributed by atoms with Crippen LogP contribution < -0.4 is 5.73 Å². The van der Waals surface area contributed by atoms with E-state index in [0.717, 1.165) is 21.2 Å². The van der Waals surface area contributed by atoms with Crippen molar-refractivity contribution in [2.24, 2.45) is 10.9 Å². The van der Waals surface area contributed by atoms with Gasteiger partial charge in [0.2, 0.25) is 0 Å². The molecule has 98 valence electrons. The number of aromatic nitrogens is 1. The van der Waals surface area contributed by atoms with Crippen molar-refractivity contribution in [3.63, 3.8) is 0 Å². The van der Waals surface area contributed by atoms with Crippen LogP contribution in [0.15, 0.2) is 52.6 Å². The maximum Gasteiger partial charge on any atom is 0.188 e. The molecule has 0 fully saturated rings. The molecule has 0 unspecified atom stereocenters. The van der Waals surface area contributed by atoms with Gasteiger partial charge in [-0.15, -0.1) is 11.8 Å². The lowest BCUT2D eigenvalue weighted by molar-refractivity contribution is 0.318. The summed E-state index contributed by atoms with van der Waals surface area (Å²) in [5, 5.41) is 12.3. The molecule has 3 N–H and O–H groups in total. The van der Waals surface area contributed by atoms with Gasteiger partial charge in [-0.3, -0.25) is 4.98 Å². The van der Waals surface area contributed by atoms with Gasteiger partial charge in [-0.1, -0.05) is 28.9 Å². The predicted molar refractivity (Wildman–Crippen MR) is 77.8 cm³/mol. The zero-order valence-electron chi connectivity index (χ0n) is 9.95. The van der Waals surface area contributed by atoms with Gasteiger partial charge in [-0.2, -0.15) is 0 Å². The Morgan fingerprint density at radius 1 is 1.37 bits per heavy atom. The van der Waals surface area contributed by atoms with E-state index in [4.69, 9.17) is 22.5 Å². The second kappa shape index (κ2) is 6.45. The van der Waals surface area contributed by atoms with Crippen LogP contribution in [-0.4, -0.2) is 16.0 Å². The van der Waals surface area contributed by atoms with Gasteiger partial charge in [0.25, 0.3) is 0 Å². The lowest BCUT2D eigenvalue weighted by atomic mass is 10.2. The van der Waals surface area contributed by atoms with Crippen molar-refractivity contribution in [1.29, 1.82) is 0 Å². The number of nitrogens with two attached hydrogens (primary N) is 1. The number of benzene rings is 1. The van der Waals surface area contributed by atoms with E-state index in [2.05, 4.69) is 10.1 Å². The Bertz CT molecular complexity index is 604. The molecule has 0 spiro atoms. The molecule has 0 atom stereocenters. The van der Waals surface area contributed by atoms with Crippen LogP contribution in [0.2, 0.25) is 5.02 Å². The molecule has 0 saturated heterocycles. The molecule has 0 aliphatic heterocycles. The molecule has 1 heterocycles. The summed E-state index contributed by atoms with van der Waals surface area (Å²) in [7, 11) is 0. The van der Waals surface area contributed by atoms with Crippen LogP contribution >= 0.6 is 23.4 Å². The van der Waals surface area contributed by atoms with Gasteiger partial charge in [0.05, 0.1) is 5.02 Å². The van der Waals surface area contributed by atoms with Gasteiger partial charge in [0.1, 0.15) is 5.69 Å². The largest absolute Gasteiger partial charge is 0.409 e. The fourth-order valence-corrected chi connectivity index (χ4v) is 2.66. The Kier molecular flexibility index (Phi) is 4.65. The van der Waals surface area contributed by atoms with E-state index in [1.165, 1.54) is 0 Å². The summed E-state index contributed by atoms with van der Waals surface area (Å²) >= 11 is 7.71. The maximum absolute atomic E-state index is 8.62. The highest BCUT2D eigenvalue weighted by molar-refractivity contribution is 7.98. The number of thioether (sulfide) groups is 1. The lowest BCUT2D eigenvalue weighted by Crippen LogP contribution is -2.15. The molecule has 0 aliphatic rings. The highest BCUT2D eigenvalue weighted by Gasteiger charge is 2.04. The lowest BCUT2D eigenvalue weighted by Gasteiger charge is -2.05. The van der Waals surface area contributed by atoms with Crippen molar-refractivity contribution in [2.45, 2.75) is 10.6 Å². The monoisotopic (exact) mass is 293 g/mol. The fraction of sp³-hybridized carbons (Fsp3) is 0.0769. The van der Waals surface area contributed by atoms with E-state index in [1.54, 1.807) is 24.0 Å². The number of hydrogen-bond acceptors (Lipinski definition) is 4. The Morgan fingerprint density at radius 2 is 2.16 bits per heavy atom. The topological polar surface area (TPSA) is 71.5 Å². The summed E-state index contributed by atoms with van der Waals surface area (Å²) in [4.78, 5) is 5.05. The predicted octanol–water partition coefficient (Wildman–Crippen LogP) is 3.12. The molecular weight excluding hydrogens is 282 g/mol. The average Bonchev–Trinajstić information content (AvgIpc) is 2.46. The van der Waals surface area contributed by atoms with Crippen molar-refractivity contribution in [2.75, 3.05) is 0 Å². The Balaban J connectivity index is 2.10. The minimum absolute atomic E-state index is 0.00425. The standard InChI is InChI=1S/C13H12ClN3OS/c14-10-3-1-2-4-12(10)19-8-9-5-6-16-11(7-9)13(15)17-18/h1-7,18H,8H2,(H2,15,17). The van der Waals surface area contributed by atoms with Gasteiger partial charge < -0.3 is 10.9 Å². The molecular formula is C13H12ClN3OS. The number of nitrogens with zero attached hydrogens (tertiary/aromatic N) is 2. The van der Waals surface area contributed by atoms with Gasteiger partial charge in [-0.25, -0.2) is 0 Å². The SMILES string of the molecule is NC(=NO)c1cc(CSc2ccccc2Cl)ccn1. The summed E-state index contributed by atoms with van der Waals surface area (Å²) in [6, 6.07) is 11.4. The molecule has 1 aromatic carbocycles. The molecule has 2 rings (SSSR count). The molecule has 0 amide bonds. The molecule has 0 bridgehead atoms. The van der Waals surface area contributed by atoms with Crippen LogP contribution in [0.25, 0.3) is 0 Å². The summed E-state index contributed by atoms with van der Waals surface area (Å²) < 4.78 is 0. The first-order valence-corrected chi connectivity index (χ1v) is 6.87. The molecule has 0 saturated carbocycles. The number of hydrogen-bond donors (Lipinski definition) is 2. The molecule has 0 radical (unpaired) electrons. The van der Waals surface area contributed by atoms with Gasteiger partial charge >= 0.3 is 0 Å². The van der Waals surface area contributed by atoms with E-state index >= 15 is 0 Å². The normalized spacial score (nSPS) is 11.5. The van der Waals surface area contributed by atoms with Crippen molar-refractivity contribution in [3.8, 4) is 0 Å². The number of halogens is 1. The molecule has 2 aromatic rings. The zero-order valence-corrected chi connectivity index (χ0v) is 11.5. The maximum atomic E-state index is 8.62. The third-order valence-corrected chi connectivity index (χ3v) is 4.01. The van der Waals surface area contributed by atoms with Crippen molar-refractivity contribution >= 4 is 29.2 Å². The smallest absolute Gasteiger partial charge is 0.188 e. The highest BCUT2D eigenvalue weighted by Crippen LogP contribution is 2.29. The third kappa shape index (κ3) is 3.62. The average molecular weight is 294 g/mol. The number of oxime groups is 1. The van der Waals surface area contributed by atoms with Crippen LogP contribution in [0.3, 0.4) is 0 Å². The Labute approximate surface area is 120 Å². The number of rotatable bonds is 4. The second-order valence-corrected chi connectivity index (χ2v) is 5.18. The summed E-state index contributed by atoms with van der Waals surface area (Å²) in [5.74, 6) is 0.738. The molecule has 1 aromatic heterocycles. The first kappa shape index (κ1) is 13.7. The van der Waals surface area contributed by atoms with E-state index in [-0.39, 0.29) is 5.84 Å². The van der Waals surface area contributed by atoms with E-state index < -0.39 is 0 Å². The van der Waals surface area contributed by atoms with Crippen LogP contribution in [0.1, 0.15) is 11.3 Å². The Morgan fingerprint density at radius 3 is 2.89 bits per heavy atom. The first-order valence-electron chi connectivity index (χ1n) is 5.51. The third-order valence-electron chi connectivity index (χ3n) is 2.43. The Hall–Kier alpha value is -1.72. The van der Waals surface area contributed by atoms with Gasteiger partial charge in [-0.05, 0) is 29.8 Å². The van der Waals surface area contributed by atoms with E-state index in [1.807, 2.05) is 30.3 Å². The van der Waals surface area contributed by atoms with Gasteiger partial charge in [0, 0.05) is 16.8 Å². The number of amidine groups is 1. The molecule has 19 heavy (non-hydrogen) atoms. The molecule has 4 nitrogen and oxygen atoms in total. The quantitative estimate of drug-likeness (QED) is 0.299. The molecule has 6 heteroatoms. The summed E-state index contributed by atoms with van der Waals surface area (Å²) in [5.41, 5.74) is 6.99. The molecule has 0 aliphatic carbocycles. The van der Waals surface area contributed by atoms with Crippen molar-refractivity contribution in [1.82, 2.24) is 4.98 Å². The van der Waals surface area contributed by atoms with Crippen LogP contribution in [0.4, 0.5) is 0 Å². The zero-order chi connectivity index (χ0) is 13.7. The second-order valence-electron chi connectivity index (χ2n) is 3.75. The minimum Gasteiger partial charge on any atom is -0.409 e. The number of pyridine rings is 1. The van der Waals surface area contributed by atoms with Crippen LogP contribution in [0, 0.1) is 0 Å². The van der Waals surface area contributed by atoms with Crippen molar-refractivity contribution < 1.29 is 5.21 Å². The van der Waals surface area contributed by atoms with E-state index in [9.17, 15) is 0 Å². The highest BCUT2D eigenvalue weighted by atomic mass is 35.5. The van der Waals surface area contributed by atoms with Crippen LogP contribution in [-0.2, 0) is 5.75 Å². The first-order chi connectivity index (χ1) is 9.20. The van der Waals surface area contributed by atoms with Crippen LogP contribution in [0.5, 0.6) is 0 Å². The van der Waals surface area contributed by atoms with E-state index in [0.29, 0.717) is 5.69 Å². The summed E-state index contributed by atoms with van der Waals surface area (Å²) in [6.07, 6.45) is 1.63.